The predicted molar refractivity (Wildman–Crippen MR) is 73.7 cm³/mol. The minimum atomic E-state index is -0.423. The van der Waals surface area contributed by atoms with E-state index in [-0.39, 0.29) is 5.91 Å². The summed E-state index contributed by atoms with van der Waals surface area (Å²) in [7, 11) is 0. The van der Waals surface area contributed by atoms with Gasteiger partial charge in [-0.1, -0.05) is 0 Å². The fourth-order valence-electron chi connectivity index (χ4n) is 1.34. The number of nitrogens with zero attached hydrogens (tertiary/aromatic N) is 1. The zero-order valence-corrected chi connectivity index (χ0v) is 11.8. The van der Waals surface area contributed by atoms with E-state index < -0.39 is 6.10 Å². The number of rotatable bonds is 5. The largest absolute Gasteiger partial charge is 0.368 e. The molecule has 0 unspecified atom stereocenters. The molecule has 92 valence electrons. The van der Waals surface area contributed by atoms with E-state index in [9.17, 15) is 4.79 Å². The van der Waals surface area contributed by atoms with E-state index in [1.165, 1.54) is 12.8 Å². The average molecular weight is 346 g/mol. The third-order valence-corrected chi connectivity index (χ3v) is 3.52. The molecule has 0 radical (unpaired) electrons. The van der Waals surface area contributed by atoms with E-state index in [0.717, 1.165) is 3.57 Å². The number of carbonyl (C=O) groups is 1. The Bertz CT molecular complexity index is 407. The monoisotopic (exact) mass is 346 g/mol. The lowest BCUT2D eigenvalue weighted by Gasteiger charge is -2.13. The van der Waals surface area contributed by atoms with Crippen LogP contribution in [0.5, 0.6) is 0 Å². The fourth-order valence-corrected chi connectivity index (χ4v) is 1.82. The maximum atomic E-state index is 11.8. The van der Waals surface area contributed by atoms with Gasteiger partial charge in [0.25, 0.3) is 5.91 Å². The lowest BCUT2D eigenvalue weighted by atomic mass is 10.3. The smallest absolute Gasteiger partial charge is 0.254 e. The molecule has 0 spiro atoms. The number of hydrogen-bond acceptors (Lipinski definition) is 3. The number of pyridine rings is 1. The summed E-state index contributed by atoms with van der Waals surface area (Å²) in [6, 6.07) is 3.74. The Hall–Kier alpha value is -0.690. The van der Waals surface area contributed by atoms with Crippen LogP contribution in [0.1, 0.15) is 19.8 Å². The minimum absolute atomic E-state index is 0.137. The van der Waals surface area contributed by atoms with Crippen LogP contribution in [0.2, 0.25) is 0 Å². The first kappa shape index (κ1) is 12.8. The number of ether oxygens (including phenoxy) is 1. The quantitative estimate of drug-likeness (QED) is 0.834. The molecule has 2 rings (SSSR count). The highest BCUT2D eigenvalue weighted by atomic mass is 127. The van der Waals surface area contributed by atoms with Gasteiger partial charge in [0.2, 0.25) is 0 Å². The van der Waals surface area contributed by atoms with Gasteiger partial charge in [-0.2, -0.15) is 0 Å². The molecule has 0 bridgehead atoms. The second-order valence-corrected chi connectivity index (χ2v) is 5.40. The van der Waals surface area contributed by atoms with Gasteiger partial charge >= 0.3 is 0 Å². The van der Waals surface area contributed by atoms with E-state index in [1.807, 2.05) is 12.1 Å². The summed E-state index contributed by atoms with van der Waals surface area (Å²) < 4.78 is 6.42. The summed E-state index contributed by atoms with van der Waals surface area (Å²) in [5.41, 5.74) is 0. The van der Waals surface area contributed by atoms with E-state index in [0.29, 0.717) is 18.3 Å². The summed E-state index contributed by atoms with van der Waals surface area (Å²) >= 11 is 2.14. The van der Waals surface area contributed by atoms with Crippen molar-refractivity contribution in [3.05, 3.63) is 21.9 Å². The van der Waals surface area contributed by atoms with Crippen LogP contribution < -0.4 is 5.32 Å². The maximum Gasteiger partial charge on any atom is 0.254 e. The van der Waals surface area contributed by atoms with Crippen LogP contribution in [0, 0.1) is 9.49 Å². The van der Waals surface area contributed by atoms with Gasteiger partial charge in [0.15, 0.2) is 0 Å². The Labute approximate surface area is 114 Å². The SMILES string of the molecule is C[C@H](OCC1CC1)C(=O)Nc1ncccc1I. The molecule has 17 heavy (non-hydrogen) atoms. The van der Waals surface area contributed by atoms with E-state index in [2.05, 4.69) is 32.9 Å². The molecule has 1 aliphatic carbocycles. The van der Waals surface area contributed by atoms with Crippen molar-refractivity contribution >= 4 is 34.3 Å². The summed E-state index contributed by atoms with van der Waals surface area (Å²) in [6.45, 7) is 2.46. The third kappa shape index (κ3) is 3.92. The normalized spacial score (nSPS) is 16.6. The molecule has 1 fully saturated rings. The van der Waals surface area contributed by atoms with Crippen molar-refractivity contribution in [1.82, 2.24) is 4.98 Å². The molecule has 0 aromatic carbocycles. The molecule has 0 aliphatic heterocycles. The summed E-state index contributed by atoms with van der Waals surface area (Å²) in [5, 5.41) is 2.77. The minimum Gasteiger partial charge on any atom is -0.368 e. The van der Waals surface area contributed by atoms with Crippen molar-refractivity contribution in [2.24, 2.45) is 5.92 Å². The molecule has 1 aromatic heterocycles. The molecule has 1 heterocycles. The number of halogens is 1. The van der Waals surface area contributed by atoms with Gasteiger partial charge in [-0.05, 0) is 60.4 Å². The van der Waals surface area contributed by atoms with Gasteiger partial charge in [-0.3, -0.25) is 4.79 Å². The van der Waals surface area contributed by atoms with Gasteiger partial charge in [0, 0.05) is 6.20 Å². The predicted octanol–water partition coefficient (Wildman–Crippen LogP) is 2.44. The highest BCUT2D eigenvalue weighted by Gasteiger charge is 2.24. The first-order valence-corrected chi connectivity index (χ1v) is 6.77. The van der Waals surface area contributed by atoms with Crippen LogP contribution in [0.15, 0.2) is 18.3 Å². The molecular weight excluding hydrogens is 331 g/mol. The highest BCUT2D eigenvalue weighted by Crippen LogP contribution is 2.29. The number of carbonyl (C=O) groups excluding carboxylic acids is 1. The second-order valence-electron chi connectivity index (χ2n) is 4.24. The van der Waals surface area contributed by atoms with Gasteiger partial charge in [-0.25, -0.2) is 4.98 Å². The van der Waals surface area contributed by atoms with E-state index >= 15 is 0 Å². The lowest BCUT2D eigenvalue weighted by molar-refractivity contribution is -0.126. The Morgan fingerprint density at radius 1 is 1.71 bits per heavy atom. The first-order valence-electron chi connectivity index (χ1n) is 5.70. The molecule has 1 aliphatic rings. The average Bonchev–Trinajstić information content (AvgIpc) is 3.13. The number of anilines is 1. The topological polar surface area (TPSA) is 51.2 Å². The van der Waals surface area contributed by atoms with Crippen molar-refractivity contribution in [3.8, 4) is 0 Å². The second kappa shape index (κ2) is 5.77. The van der Waals surface area contributed by atoms with Gasteiger partial charge in [-0.15, -0.1) is 0 Å². The maximum absolute atomic E-state index is 11.8. The Kier molecular flexibility index (Phi) is 4.33. The van der Waals surface area contributed by atoms with E-state index in [1.54, 1.807) is 13.1 Å². The standard InChI is InChI=1S/C12H15IN2O2/c1-8(17-7-9-4-5-9)12(16)15-11-10(13)3-2-6-14-11/h2-3,6,8-9H,4-5,7H2,1H3,(H,14,15,16)/t8-/m0/s1. The highest BCUT2D eigenvalue weighted by molar-refractivity contribution is 14.1. The van der Waals surface area contributed by atoms with Gasteiger partial charge in [0.05, 0.1) is 10.2 Å². The number of aromatic nitrogens is 1. The molecule has 1 N–H and O–H groups in total. The van der Waals surface area contributed by atoms with Gasteiger partial charge < -0.3 is 10.1 Å². The molecule has 0 saturated heterocycles. The molecule has 1 saturated carbocycles. The van der Waals surface area contributed by atoms with Crippen LogP contribution in [-0.4, -0.2) is 23.6 Å². The van der Waals surface area contributed by atoms with Crippen molar-refractivity contribution in [3.63, 3.8) is 0 Å². The molecule has 1 amide bonds. The van der Waals surface area contributed by atoms with E-state index in [4.69, 9.17) is 4.74 Å². The molecule has 5 heteroatoms. The third-order valence-electron chi connectivity index (χ3n) is 2.65. The summed E-state index contributed by atoms with van der Waals surface area (Å²) in [6.07, 6.45) is 3.69. The molecule has 4 nitrogen and oxygen atoms in total. The van der Waals surface area contributed by atoms with Crippen LogP contribution in [0.3, 0.4) is 0 Å². The Balaban J connectivity index is 1.84. The van der Waals surface area contributed by atoms with Crippen molar-refractivity contribution < 1.29 is 9.53 Å². The zero-order chi connectivity index (χ0) is 12.3. The van der Waals surface area contributed by atoms with Crippen molar-refractivity contribution in [2.45, 2.75) is 25.9 Å². The van der Waals surface area contributed by atoms with Crippen molar-refractivity contribution in [2.75, 3.05) is 11.9 Å². The molecule has 1 atom stereocenters. The fraction of sp³-hybridized carbons (Fsp3) is 0.500. The van der Waals surface area contributed by atoms with Crippen LogP contribution >= 0.6 is 22.6 Å². The summed E-state index contributed by atoms with van der Waals surface area (Å²) in [5.74, 6) is 1.13. The van der Waals surface area contributed by atoms with Gasteiger partial charge in [0.1, 0.15) is 11.9 Å². The van der Waals surface area contributed by atoms with Crippen molar-refractivity contribution in [1.29, 1.82) is 0 Å². The number of hydrogen-bond donors (Lipinski definition) is 1. The molecule has 1 aromatic rings. The first-order chi connectivity index (χ1) is 8.16. The number of amides is 1. The van der Waals surface area contributed by atoms with Crippen LogP contribution in [-0.2, 0) is 9.53 Å². The summed E-state index contributed by atoms with van der Waals surface area (Å²) in [4.78, 5) is 15.9. The van der Waals surface area contributed by atoms with Crippen LogP contribution in [0.4, 0.5) is 5.82 Å². The molecular formula is C12H15IN2O2. The number of nitrogens with one attached hydrogen (secondary N) is 1. The van der Waals surface area contributed by atoms with Crippen LogP contribution in [0.25, 0.3) is 0 Å². The zero-order valence-electron chi connectivity index (χ0n) is 9.65. The Morgan fingerprint density at radius 2 is 2.47 bits per heavy atom. The Morgan fingerprint density at radius 3 is 3.12 bits per heavy atom. The lowest BCUT2D eigenvalue weighted by Crippen LogP contribution is -2.29.